The average Bonchev–Trinajstić information content (AvgIpc) is 2.82. The van der Waals surface area contributed by atoms with E-state index in [-0.39, 0.29) is 13.0 Å². The minimum absolute atomic E-state index is 0.0113. The number of amides is 1. The molecule has 0 atom stereocenters. The molecule has 3 aromatic rings. The van der Waals surface area contributed by atoms with Crippen molar-refractivity contribution in [2.24, 2.45) is 0 Å². The van der Waals surface area contributed by atoms with Crippen LogP contribution in [0.2, 0.25) is 0 Å². The monoisotopic (exact) mass is 417 g/mol. The van der Waals surface area contributed by atoms with Crippen LogP contribution in [0.15, 0.2) is 67.1 Å². The zero-order valence-corrected chi connectivity index (χ0v) is 17.4. The highest BCUT2D eigenvalue weighted by molar-refractivity contribution is 5.77. The van der Waals surface area contributed by atoms with Crippen LogP contribution in [0, 0.1) is 0 Å². The van der Waals surface area contributed by atoms with Gasteiger partial charge in [0.05, 0.1) is 18.7 Å². The Morgan fingerprint density at radius 3 is 2.29 bits per heavy atom. The molecular formula is C24H27N5O2. The lowest BCUT2D eigenvalue weighted by Crippen LogP contribution is -2.29. The molecule has 1 aromatic heterocycles. The van der Waals surface area contributed by atoms with Gasteiger partial charge in [-0.2, -0.15) is 0 Å². The maximum Gasteiger partial charge on any atom is 0.252 e. The topological polar surface area (TPSA) is 81.6 Å². The molecule has 0 saturated carbocycles. The molecule has 1 aliphatic rings. The smallest absolute Gasteiger partial charge is 0.252 e. The third kappa shape index (κ3) is 5.79. The Kier molecular flexibility index (Phi) is 6.74. The van der Waals surface area contributed by atoms with Crippen molar-refractivity contribution in [2.75, 3.05) is 23.3 Å². The minimum Gasteiger partial charge on any atom is -0.372 e. The second-order valence-electron chi connectivity index (χ2n) is 7.74. The lowest BCUT2D eigenvalue weighted by atomic mass is 10.1. The molecule has 0 radical (unpaired) electrons. The van der Waals surface area contributed by atoms with Crippen molar-refractivity contribution in [3.8, 4) is 0 Å². The van der Waals surface area contributed by atoms with Crippen LogP contribution in [0.3, 0.4) is 0 Å². The number of carbonyl (C=O) groups excluding carboxylic acids is 1. The number of nitrogens with zero attached hydrogens (tertiary/aromatic N) is 4. The molecule has 2 N–H and O–H groups in total. The number of hydrogen-bond acceptors (Lipinski definition) is 6. The van der Waals surface area contributed by atoms with Crippen LogP contribution in [0.4, 0.5) is 17.1 Å². The van der Waals surface area contributed by atoms with Crippen molar-refractivity contribution in [1.82, 2.24) is 15.0 Å². The predicted octanol–water partition coefficient (Wildman–Crippen LogP) is 4.17. The van der Waals surface area contributed by atoms with Crippen molar-refractivity contribution in [2.45, 2.75) is 32.2 Å². The maximum atomic E-state index is 12.2. The van der Waals surface area contributed by atoms with E-state index in [1.165, 1.54) is 37.3 Å². The SMILES string of the molecule is O=C(Cc1cnccn1)N(O)Cc1ccc(Nc2ccc(N3CCCCC3)cc2)cc1. The lowest BCUT2D eigenvalue weighted by Gasteiger charge is -2.28. The summed E-state index contributed by atoms with van der Waals surface area (Å²) in [6.07, 6.45) is 8.46. The molecule has 160 valence electrons. The van der Waals surface area contributed by atoms with Gasteiger partial charge in [0.25, 0.3) is 5.91 Å². The molecule has 7 heteroatoms. The summed E-state index contributed by atoms with van der Waals surface area (Å²) in [7, 11) is 0. The summed E-state index contributed by atoms with van der Waals surface area (Å²) in [5.41, 5.74) is 4.61. The molecule has 1 amide bonds. The molecule has 1 saturated heterocycles. The van der Waals surface area contributed by atoms with Crippen LogP contribution in [0.5, 0.6) is 0 Å². The summed E-state index contributed by atoms with van der Waals surface area (Å²) in [4.78, 5) is 22.6. The van der Waals surface area contributed by atoms with E-state index in [4.69, 9.17) is 0 Å². The Bertz CT molecular complexity index is 971. The van der Waals surface area contributed by atoms with Crippen molar-refractivity contribution in [3.05, 3.63) is 78.4 Å². The second kappa shape index (κ2) is 10.0. The molecule has 1 fully saturated rings. The van der Waals surface area contributed by atoms with Gasteiger partial charge in [-0.15, -0.1) is 0 Å². The normalized spacial score (nSPS) is 13.6. The number of carbonyl (C=O) groups is 1. The van der Waals surface area contributed by atoms with E-state index in [9.17, 15) is 10.0 Å². The number of benzene rings is 2. The standard InChI is InChI=1S/C24H27N5O2/c30-24(16-22-17-25-12-13-26-22)29(31)18-19-4-6-20(7-5-19)27-21-8-10-23(11-9-21)28-14-2-1-3-15-28/h4-13,17,27,31H,1-3,14-16,18H2. The van der Waals surface area contributed by atoms with E-state index in [1.807, 2.05) is 24.3 Å². The second-order valence-corrected chi connectivity index (χ2v) is 7.74. The molecule has 0 unspecified atom stereocenters. The quantitative estimate of drug-likeness (QED) is 0.444. The Labute approximate surface area is 182 Å². The Balaban J connectivity index is 1.30. The lowest BCUT2D eigenvalue weighted by molar-refractivity contribution is -0.167. The van der Waals surface area contributed by atoms with Crippen LogP contribution in [-0.4, -0.2) is 39.2 Å². The maximum absolute atomic E-state index is 12.2. The van der Waals surface area contributed by atoms with E-state index in [0.717, 1.165) is 35.1 Å². The molecule has 2 heterocycles. The molecule has 7 nitrogen and oxygen atoms in total. The van der Waals surface area contributed by atoms with Gasteiger partial charge < -0.3 is 10.2 Å². The zero-order valence-electron chi connectivity index (χ0n) is 17.4. The summed E-state index contributed by atoms with van der Waals surface area (Å²) in [6.45, 7) is 2.39. The largest absolute Gasteiger partial charge is 0.372 e. The molecule has 4 rings (SSSR count). The van der Waals surface area contributed by atoms with Crippen molar-refractivity contribution >= 4 is 23.0 Å². The summed E-state index contributed by atoms with van der Waals surface area (Å²) in [5, 5.41) is 14.2. The highest BCUT2D eigenvalue weighted by Gasteiger charge is 2.13. The first kappa shape index (κ1) is 20.8. The van der Waals surface area contributed by atoms with Gasteiger partial charge in [-0.3, -0.25) is 20.0 Å². The fraction of sp³-hybridized carbons (Fsp3) is 0.292. The summed E-state index contributed by atoms with van der Waals surface area (Å²) in [5.74, 6) is -0.420. The Hall–Kier alpha value is -3.45. The number of hydroxylamine groups is 2. The van der Waals surface area contributed by atoms with E-state index in [0.29, 0.717) is 5.69 Å². The van der Waals surface area contributed by atoms with Crippen LogP contribution < -0.4 is 10.2 Å². The fourth-order valence-corrected chi connectivity index (χ4v) is 3.70. The number of nitrogens with one attached hydrogen (secondary N) is 1. The van der Waals surface area contributed by atoms with Gasteiger partial charge in [0.2, 0.25) is 0 Å². The number of aromatic nitrogens is 2. The summed E-state index contributed by atoms with van der Waals surface area (Å²) < 4.78 is 0. The Morgan fingerprint density at radius 1 is 0.968 bits per heavy atom. The van der Waals surface area contributed by atoms with Gasteiger partial charge >= 0.3 is 0 Å². The molecular weight excluding hydrogens is 390 g/mol. The molecule has 0 bridgehead atoms. The highest BCUT2D eigenvalue weighted by Crippen LogP contribution is 2.24. The van der Waals surface area contributed by atoms with E-state index in [2.05, 4.69) is 44.5 Å². The molecule has 31 heavy (non-hydrogen) atoms. The van der Waals surface area contributed by atoms with E-state index >= 15 is 0 Å². The van der Waals surface area contributed by atoms with Gasteiger partial charge in [0, 0.05) is 48.7 Å². The van der Waals surface area contributed by atoms with Crippen LogP contribution in [-0.2, 0) is 17.8 Å². The minimum atomic E-state index is -0.420. The fourth-order valence-electron chi connectivity index (χ4n) is 3.70. The van der Waals surface area contributed by atoms with E-state index in [1.54, 1.807) is 6.20 Å². The van der Waals surface area contributed by atoms with Gasteiger partial charge in [0.1, 0.15) is 0 Å². The van der Waals surface area contributed by atoms with Crippen LogP contribution in [0.25, 0.3) is 0 Å². The average molecular weight is 418 g/mol. The highest BCUT2D eigenvalue weighted by atomic mass is 16.5. The molecule has 0 spiro atoms. The third-order valence-corrected chi connectivity index (χ3v) is 5.40. The summed E-state index contributed by atoms with van der Waals surface area (Å²) >= 11 is 0. The number of anilines is 3. The van der Waals surface area contributed by atoms with Crippen molar-refractivity contribution in [3.63, 3.8) is 0 Å². The predicted molar refractivity (Wildman–Crippen MR) is 120 cm³/mol. The summed E-state index contributed by atoms with van der Waals surface area (Å²) in [6, 6.07) is 16.2. The first-order valence-electron chi connectivity index (χ1n) is 10.6. The zero-order chi connectivity index (χ0) is 21.5. The van der Waals surface area contributed by atoms with Crippen molar-refractivity contribution in [1.29, 1.82) is 0 Å². The first-order chi connectivity index (χ1) is 15.2. The van der Waals surface area contributed by atoms with Gasteiger partial charge in [-0.1, -0.05) is 12.1 Å². The van der Waals surface area contributed by atoms with Gasteiger partial charge in [-0.05, 0) is 61.2 Å². The van der Waals surface area contributed by atoms with Crippen LogP contribution >= 0.6 is 0 Å². The third-order valence-electron chi connectivity index (χ3n) is 5.40. The van der Waals surface area contributed by atoms with Gasteiger partial charge in [0.15, 0.2) is 0 Å². The van der Waals surface area contributed by atoms with Gasteiger partial charge in [-0.25, -0.2) is 5.06 Å². The van der Waals surface area contributed by atoms with Crippen molar-refractivity contribution < 1.29 is 10.0 Å². The van der Waals surface area contributed by atoms with E-state index < -0.39 is 5.91 Å². The molecule has 2 aromatic carbocycles. The molecule has 0 aliphatic carbocycles. The molecule has 1 aliphatic heterocycles. The number of rotatable bonds is 7. The Morgan fingerprint density at radius 2 is 1.65 bits per heavy atom. The number of hydrogen-bond donors (Lipinski definition) is 2. The first-order valence-corrected chi connectivity index (χ1v) is 10.6. The van der Waals surface area contributed by atoms with Crippen LogP contribution in [0.1, 0.15) is 30.5 Å². The number of piperidine rings is 1.